The second kappa shape index (κ2) is 5.40. The number of nitrogens with one attached hydrogen (secondary N) is 1. The van der Waals surface area contributed by atoms with Crippen molar-refractivity contribution in [1.82, 2.24) is 24.6 Å². The highest BCUT2D eigenvalue weighted by molar-refractivity contribution is 5.56. The lowest BCUT2D eigenvalue weighted by atomic mass is 10.1. The number of rotatable bonds is 4. The van der Waals surface area contributed by atoms with E-state index in [-0.39, 0.29) is 0 Å². The summed E-state index contributed by atoms with van der Waals surface area (Å²) < 4.78 is 4.14. The van der Waals surface area contributed by atoms with E-state index in [1.165, 1.54) is 5.57 Å². The summed E-state index contributed by atoms with van der Waals surface area (Å²) in [5.41, 5.74) is 3.74. The third-order valence-corrected chi connectivity index (χ3v) is 3.50. The molecule has 0 saturated carbocycles. The molecular weight excluding hydrogens is 238 g/mol. The Morgan fingerprint density at radius 1 is 1.37 bits per heavy atom. The molecule has 2 aromatic heterocycles. The van der Waals surface area contributed by atoms with E-state index in [9.17, 15) is 0 Å². The first-order valence-corrected chi connectivity index (χ1v) is 6.78. The maximum atomic E-state index is 4.33. The van der Waals surface area contributed by atoms with Gasteiger partial charge in [-0.2, -0.15) is 5.10 Å². The van der Waals surface area contributed by atoms with Crippen molar-refractivity contribution >= 4 is 0 Å². The molecule has 5 heteroatoms. The average molecular weight is 257 g/mol. The predicted molar refractivity (Wildman–Crippen MR) is 74.7 cm³/mol. The van der Waals surface area contributed by atoms with Crippen molar-refractivity contribution in [2.45, 2.75) is 26.4 Å². The van der Waals surface area contributed by atoms with Gasteiger partial charge in [0, 0.05) is 31.4 Å². The molecule has 3 heterocycles. The molecule has 19 heavy (non-hydrogen) atoms. The van der Waals surface area contributed by atoms with E-state index in [2.05, 4.69) is 39.2 Å². The van der Waals surface area contributed by atoms with Crippen LogP contribution >= 0.6 is 0 Å². The molecule has 1 aliphatic heterocycles. The highest BCUT2D eigenvalue weighted by Gasteiger charge is 2.10. The van der Waals surface area contributed by atoms with Gasteiger partial charge in [-0.1, -0.05) is 11.6 Å². The molecule has 0 bridgehead atoms. The molecule has 0 aliphatic carbocycles. The van der Waals surface area contributed by atoms with Gasteiger partial charge in [0.25, 0.3) is 0 Å². The van der Waals surface area contributed by atoms with Gasteiger partial charge < -0.3 is 9.88 Å². The minimum absolute atomic E-state index is 0.894. The molecule has 5 nitrogen and oxygen atoms in total. The van der Waals surface area contributed by atoms with E-state index in [1.54, 1.807) is 0 Å². The summed E-state index contributed by atoms with van der Waals surface area (Å²) in [5.74, 6) is 0. The van der Waals surface area contributed by atoms with Gasteiger partial charge in [0.2, 0.25) is 0 Å². The summed E-state index contributed by atoms with van der Waals surface area (Å²) in [5, 5.41) is 7.67. The van der Waals surface area contributed by atoms with Crippen LogP contribution in [0.1, 0.15) is 13.3 Å². The van der Waals surface area contributed by atoms with Crippen LogP contribution in [-0.2, 0) is 13.1 Å². The normalized spacial score (nSPS) is 15.5. The quantitative estimate of drug-likeness (QED) is 0.848. The van der Waals surface area contributed by atoms with Crippen LogP contribution in [0.2, 0.25) is 0 Å². The zero-order valence-corrected chi connectivity index (χ0v) is 11.2. The second-order valence-electron chi connectivity index (χ2n) is 4.81. The van der Waals surface area contributed by atoms with E-state index in [1.807, 2.05) is 23.4 Å². The Bertz CT molecular complexity index is 578. The molecule has 0 amide bonds. The maximum absolute atomic E-state index is 4.33. The van der Waals surface area contributed by atoms with Gasteiger partial charge in [0.05, 0.1) is 24.4 Å². The molecule has 0 radical (unpaired) electrons. The molecule has 0 atom stereocenters. The fourth-order valence-electron chi connectivity index (χ4n) is 2.39. The Hall–Kier alpha value is -1.88. The lowest BCUT2D eigenvalue weighted by molar-refractivity contribution is 0.652. The number of aromatic nitrogens is 4. The summed E-state index contributed by atoms with van der Waals surface area (Å²) in [6.45, 7) is 5.96. The molecule has 2 aromatic rings. The number of aryl methyl sites for hydroxylation is 1. The molecule has 3 rings (SSSR count). The van der Waals surface area contributed by atoms with E-state index in [4.69, 9.17) is 0 Å². The fraction of sp³-hybridized carbons (Fsp3) is 0.429. The summed E-state index contributed by atoms with van der Waals surface area (Å²) >= 11 is 0. The Morgan fingerprint density at radius 2 is 2.32 bits per heavy atom. The highest BCUT2D eigenvalue weighted by Crippen LogP contribution is 2.20. The molecule has 0 unspecified atom stereocenters. The van der Waals surface area contributed by atoms with Crippen LogP contribution in [0.15, 0.2) is 36.6 Å². The van der Waals surface area contributed by atoms with E-state index < -0.39 is 0 Å². The van der Waals surface area contributed by atoms with Crippen LogP contribution in [0.4, 0.5) is 0 Å². The minimum Gasteiger partial charge on any atom is -0.326 e. The van der Waals surface area contributed by atoms with Crippen molar-refractivity contribution in [3.05, 3.63) is 36.6 Å². The Morgan fingerprint density at radius 3 is 3.05 bits per heavy atom. The lowest BCUT2D eigenvalue weighted by Crippen LogP contribution is -2.22. The Labute approximate surface area is 113 Å². The zero-order chi connectivity index (χ0) is 13.1. The third-order valence-electron chi connectivity index (χ3n) is 3.50. The summed E-state index contributed by atoms with van der Waals surface area (Å²) in [4.78, 5) is 4.28. The first-order chi connectivity index (χ1) is 9.36. The second-order valence-corrected chi connectivity index (χ2v) is 4.81. The number of hydrogen-bond acceptors (Lipinski definition) is 3. The molecule has 0 spiro atoms. The third kappa shape index (κ3) is 2.61. The number of hydrogen-bond donors (Lipinski definition) is 1. The predicted octanol–water partition coefficient (Wildman–Crippen LogP) is 1.69. The van der Waals surface area contributed by atoms with Gasteiger partial charge in [-0.3, -0.25) is 4.68 Å². The smallest absolute Gasteiger partial charge is 0.0954 e. The van der Waals surface area contributed by atoms with Crippen LogP contribution in [-0.4, -0.2) is 32.4 Å². The van der Waals surface area contributed by atoms with E-state index >= 15 is 0 Å². The Balaban J connectivity index is 1.83. The molecule has 0 saturated heterocycles. The average Bonchev–Trinajstić information content (AvgIpc) is 3.08. The van der Waals surface area contributed by atoms with Gasteiger partial charge in [-0.05, 0) is 19.9 Å². The van der Waals surface area contributed by atoms with Crippen LogP contribution in [0, 0.1) is 0 Å². The standard InChI is InChI=1S/C14H19N5/c1-2-19-10-13(7-17-19)14-8-16-11-18(14)9-12-3-5-15-6-4-12/h3,7-8,10-11,15H,2,4-6,9H2,1H3. The van der Waals surface area contributed by atoms with Crippen LogP contribution in [0.5, 0.6) is 0 Å². The monoisotopic (exact) mass is 257 g/mol. The molecule has 1 N–H and O–H groups in total. The van der Waals surface area contributed by atoms with Gasteiger partial charge in [0.15, 0.2) is 0 Å². The van der Waals surface area contributed by atoms with Gasteiger partial charge in [0.1, 0.15) is 0 Å². The molecule has 100 valence electrons. The molecule has 0 fully saturated rings. The summed E-state index contributed by atoms with van der Waals surface area (Å²) in [6, 6.07) is 0. The van der Waals surface area contributed by atoms with Crippen molar-refractivity contribution < 1.29 is 0 Å². The van der Waals surface area contributed by atoms with Gasteiger partial charge in [-0.25, -0.2) is 4.98 Å². The van der Waals surface area contributed by atoms with Crippen molar-refractivity contribution in [1.29, 1.82) is 0 Å². The fourth-order valence-corrected chi connectivity index (χ4v) is 2.39. The van der Waals surface area contributed by atoms with Crippen molar-refractivity contribution in [2.24, 2.45) is 0 Å². The minimum atomic E-state index is 0.894. The van der Waals surface area contributed by atoms with Crippen molar-refractivity contribution in [2.75, 3.05) is 13.1 Å². The first-order valence-electron chi connectivity index (χ1n) is 6.78. The van der Waals surface area contributed by atoms with E-state index in [0.29, 0.717) is 0 Å². The van der Waals surface area contributed by atoms with Crippen LogP contribution < -0.4 is 5.32 Å². The SMILES string of the molecule is CCn1cc(-c2cncn2CC2=CCNCC2)cn1. The zero-order valence-electron chi connectivity index (χ0n) is 11.2. The van der Waals surface area contributed by atoms with Crippen LogP contribution in [0.3, 0.4) is 0 Å². The topological polar surface area (TPSA) is 47.7 Å². The Kier molecular flexibility index (Phi) is 3.46. The molecule has 0 aromatic carbocycles. The highest BCUT2D eigenvalue weighted by atomic mass is 15.3. The van der Waals surface area contributed by atoms with E-state index in [0.717, 1.165) is 43.9 Å². The van der Waals surface area contributed by atoms with Crippen molar-refractivity contribution in [3.63, 3.8) is 0 Å². The molecule has 1 aliphatic rings. The van der Waals surface area contributed by atoms with Gasteiger partial charge in [-0.15, -0.1) is 0 Å². The first kappa shape index (κ1) is 12.2. The van der Waals surface area contributed by atoms with Crippen molar-refractivity contribution in [3.8, 4) is 11.3 Å². The summed E-state index contributed by atoms with van der Waals surface area (Å²) in [6.07, 6.45) is 11.2. The molecular formula is C14H19N5. The number of nitrogens with zero attached hydrogens (tertiary/aromatic N) is 4. The maximum Gasteiger partial charge on any atom is 0.0954 e. The number of imidazole rings is 1. The summed E-state index contributed by atoms with van der Waals surface area (Å²) in [7, 11) is 0. The lowest BCUT2D eigenvalue weighted by Gasteiger charge is -2.15. The van der Waals surface area contributed by atoms with Gasteiger partial charge >= 0.3 is 0 Å². The largest absolute Gasteiger partial charge is 0.326 e. The van der Waals surface area contributed by atoms with Crippen LogP contribution in [0.25, 0.3) is 11.3 Å².